The first-order chi connectivity index (χ1) is 10.6. The molecule has 0 aliphatic rings. The van der Waals surface area contributed by atoms with Crippen molar-refractivity contribution in [2.24, 2.45) is 0 Å². The molecule has 0 fully saturated rings. The number of nitrogens with one attached hydrogen (secondary N) is 1. The quantitative estimate of drug-likeness (QED) is 0.580. The van der Waals surface area contributed by atoms with Crippen LogP contribution in [0.3, 0.4) is 0 Å². The maximum Gasteiger partial charge on any atom is 0.372 e. The van der Waals surface area contributed by atoms with Gasteiger partial charge in [0.15, 0.2) is 0 Å². The van der Waals surface area contributed by atoms with Gasteiger partial charge in [0.2, 0.25) is 11.5 Å². The molecule has 0 saturated carbocycles. The minimum absolute atomic E-state index is 0.0882. The molecule has 3 aromatic rings. The molecule has 0 saturated heterocycles. The van der Waals surface area contributed by atoms with Crippen molar-refractivity contribution < 1.29 is 9.31 Å². The van der Waals surface area contributed by atoms with Crippen molar-refractivity contribution in [2.75, 3.05) is 11.9 Å². The number of nitro groups is 1. The van der Waals surface area contributed by atoms with Crippen molar-refractivity contribution in [2.45, 2.75) is 6.42 Å². The summed E-state index contributed by atoms with van der Waals surface area (Å²) in [4.78, 5) is 15.0. The smallest absolute Gasteiger partial charge is 0.363 e. The Morgan fingerprint density at radius 1 is 1.23 bits per heavy atom. The van der Waals surface area contributed by atoms with Gasteiger partial charge in [0.05, 0.1) is 6.20 Å². The summed E-state index contributed by atoms with van der Waals surface area (Å²) in [5, 5.41) is 14.2. The van der Waals surface area contributed by atoms with Crippen LogP contribution in [0, 0.1) is 15.9 Å². The van der Waals surface area contributed by atoms with Gasteiger partial charge in [-0.25, -0.2) is 4.39 Å². The number of fused-ring (bicyclic) bond motifs is 1. The molecule has 0 unspecified atom stereocenters. The highest BCUT2D eigenvalue weighted by molar-refractivity contribution is 5.62. The van der Waals surface area contributed by atoms with Gasteiger partial charge in [-0.2, -0.15) is 9.38 Å². The van der Waals surface area contributed by atoms with Crippen molar-refractivity contribution in [3.63, 3.8) is 0 Å². The Hall–Kier alpha value is -2.96. The Balaban J connectivity index is 1.77. The van der Waals surface area contributed by atoms with Crippen LogP contribution in [0.4, 0.5) is 16.0 Å². The highest BCUT2D eigenvalue weighted by atomic mass is 19.1. The van der Waals surface area contributed by atoms with Crippen molar-refractivity contribution >= 4 is 17.3 Å². The summed E-state index contributed by atoms with van der Waals surface area (Å²) < 4.78 is 14.3. The van der Waals surface area contributed by atoms with E-state index in [4.69, 9.17) is 0 Å². The van der Waals surface area contributed by atoms with E-state index in [-0.39, 0.29) is 17.5 Å². The average Bonchev–Trinajstić information content (AvgIpc) is 2.87. The standard InChI is InChI=1S/C15H13FN4O2/c16-12-6-4-11(5-7-12)8-9-17-14-15(20(21)22)19-10-2-1-3-13(19)18-14/h1-7,10,17H,8-9H2. The molecule has 0 bridgehead atoms. The van der Waals surface area contributed by atoms with E-state index in [2.05, 4.69) is 10.3 Å². The Morgan fingerprint density at radius 2 is 2.00 bits per heavy atom. The lowest BCUT2D eigenvalue weighted by molar-refractivity contribution is -0.389. The summed E-state index contributed by atoms with van der Waals surface area (Å²) in [5.41, 5.74) is 1.46. The molecule has 0 amide bonds. The van der Waals surface area contributed by atoms with Gasteiger partial charge in [0, 0.05) is 12.6 Å². The third-order valence-electron chi connectivity index (χ3n) is 3.30. The molecule has 0 radical (unpaired) electrons. The molecule has 112 valence electrons. The minimum atomic E-state index is -0.458. The summed E-state index contributed by atoms with van der Waals surface area (Å²) in [5.74, 6) is -0.138. The molecule has 3 rings (SSSR count). The Kier molecular flexibility index (Phi) is 3.69. The van der Waals surface area contributed by atoms with E-state index in [1.807, 2.05) is 0 Å². The van der Waals surface area contributed by atoms with Crippen molar-refractivity contribution in [1.82, 2.24) is 9.38 Å². The lowest BCUT2D eigenvalue weighted by Crippen LogP contribution is -2.07. The monoisotopic (exact) mass is 300 g/mol. The molecule has 22 heavy (non-hydrogen) atoms. The van der Waals surface area contributed by atoms with Crippen LogP contribution in [0.2, 0.25) is 0 Å². The fraction of sp³-hybridized carbons (Fsp3) is 0.133. The summed E-state index contributed by atoms with van der Waals surface area (Å²) in [6.07, 6.45) is 2.22. The van der Waals surface area contributed by atoms with E-state index in [1.54, 1.807) is 36.5 Å². The summed E-state index contributed by atoms with van der Waals surface area (Å²) >= 11 is 0. The van der Waals surface area contributed by atoms with Crippen LogP contribution in [0.1, 0.15) is 5.56 Å². The van der Waals surface area contributed by atoms with E-state index >= 15 is 0 Å². The topological polar surface area (TPSA) is 72.5 Å². The van der Waals surface area contributed by atoms with Gasteiger partial charge in [-0.1, -0.05) is 18.2 Å². The molecule has 0 spiro atoms. The van der Waals surface area contributed by atoms with Crippen LogP contribution < -0.4 is 5.32 Å². The lowest BCUT2D eigenvalue weighted by Gasteiger charge is -2.04. The van der Waals surface area contributed by atoms with Gasteiger partial charge in [-0.05, 0) is 35.1 Å². The second-order valence-electron chi connectivity index (χ2n) is 4.77. The molecule has 0 aliphatic heterocycles. The molecule has 1 aromatic carbocycles. The number of benzene rings is 1. The van der Waals surface area contributed by atoms with Crippen LogP contribution in [0.5, 0.6) is 0 Å². The van der Waals surface area contributed by atoms with E-state index in [0.29, 0.717) is 18.6 Å². The van der Waals surface area contributed by atoms with E-state index in [0.717, 1.165) is 5.56 Å². The molecular weight excluding hydrogens is 287 g/mol. The van der Waals surface area contributed by atoms with Gasteiger partial charge in [0.1, 0.15) is 5.82 Å². The number of hydrogen-bond donors (Lipinski definition) is 1. The highest BCUT2D eigenvalue weighted by Crippen LogP contribution is 2.25. The minimum Gasteiger partial charge on any atom is -0.363 e. The van der Waals surface area contributed by atoms with Crippen molar-refractivity contribution in [3.8, 4) is 0 Å². The van der Waals surface area contributed by atoms with E-state index < -0.39 is 4.92 Å². The molecule has 0 atom stereocenters. The van der Waals surface area contributed by atoms with Crippen LogP contribution in [0.15, 0.2) is 48.7 Å². The predicted octanol–water partition coefficient (Wildman–Crippen LogP) is 3.04. The summed E-state index contributed by atoms with van der Waals surface area (Å²) in [7, 11) is 0. The van der Waals surface area contributed by atoms with Crippen LogP contribution >= 0.6 is 0 Å². The number of imidazole rings is 1. The van der Waals surface area contributed by atoms with Crippen molar-refractivity contribution in [3.05, 3.63) is 70.2 Å². The van der Waals surface area contributed by atoms with Crippen LogP contribution in [0.25, 0.3) is 5.65 Å². The third kappa shape index (κ3) is 2.73. The van der Waals surface area contributed by atoms with Crippen molar-refractivity contribution in [1.29, 1.82) is 0 Å². The number of nitrogens with zero attached hydrogens (tertiary/aromatic N) is 3. The van der Waals surface area contributed by atoms with Gasteiger partial charge in [-0.3, -0.25) is 0 Å². The van der Waals surface area contributed by atoms with Gasteiger partial charge < -0.3 is 15.4 Å². The third-order valence-corrected chi connectivity index (χ3v) is 3.30. The zero-order valence-electron chi connectivity index (χ0n) is 11.6. The van der Waals surface area contributed by atoms with E-state index in [9.17, 15) is 14.5 Å². The number of hydrogen-bond acceptors (Lipinski definition) is 4. The zero-order valence-corrected chi connectivity index (χ0v) is 11.6. The average molecular weight is 300 g/mol. The normalized spacial score (nSPS) is 10.8. The predicted molar refractivity (Wildman–Crippen MR) is 80.4 cm³/mol. The molecule has 2 aromatic heterocycles. The summed E-state index contributed by atoms with van der Waals surface area (Å²) in [6, 6.07) is 11.4. The number of rotatable bonds is 5. The number of pyridine rings is 1. The van der Waals surface area contributed by atoms with E-state index in [1.165, 1.54) is 16.5 Å². The zero-order chi connectivity index (χ0) is 15.5. The molecule has 1 N–H and O–H groups in total. The first-order valence-electron chi connectivity index (χ1n) is 6.75. The maximum atomic E-state index is 12.8. The first kappa shape index (κ1) is 14.0. The second-order valence-corrected chi connectivity index (χ2v) is 4.77. The van der Waals surface area contributed by atoms with Gasteiger partial charge >= 0.3 is 5.82 Å². The lowest BCUT2D eigenvalue weighted by atomic mass is 10.1. The Labute approximate surface area is 125 Å². The number of aromatic nitrogens is 2. The number of halogens is 1. The fourth-order valence-corrected chi connectivity index (χ4v) is 2.25. The SMILES string of the molecule is O=[N+]([O-])c1c(NCCc2ccc(F)cc2)nc2ccccn12. The van der Waals surface area contributed by atoms with Crippen LogP contribution in [-0.2, 0) is 6.42 Å². The maximum absolute atomic E-state index is 12.8. The first-order valence-corrected chi connectivity index (χ1v) is 6.75. The van der Waals surface area contributed by atoms with Crippen LogP contribution in [-0.4, -0.2) is 20.9 Å². The van der Waals surface area contributed by atoms with Gasteiger partial charge in [-0.15, -0.1) is 0 Å². The fourth-order valence-electron chi connectivity index (χ4n) is 2.25. The molecule has 2 heterocycles. The molecule has 6 nitrogen and oxygen atoms in total. The Bertz CT molecular complexity index is 814. The molecular formula is C15H13FN4O2. The molecule has 0 aliphatic carbocycles. The largest absolute Gasteiger partial charge is 0.372 e. The molecule has 7 heteroatoms. The Morgan fingerprint density at radius 3 is 2.73 bits per heavy atom. The number of anilines is 1. The summed E-state index contributed by atoms with van der Waals surface area (Å²) in [6.45, 7) is 0.469. The highest BCUT2D eigenvalue weighted by Gasteiger charge is 2.21. The second kappa shape index (κ2) is 5.80. The van der Waals surface area contributed by atoms with Gasteiger partial charge in [0.25, 0.3) is 0 Å².